The zero-order valence-corrected chi connectivity index (χ0v) is 13.9. The highest BCUT2D eigenvalue weighted by atomic mass is 32.2. The molecule has 0 aliphatic heterocycles. The van der Waals surface area contributed by atoms with Gasteiger partial charge in [-0.05, 0) is 48.5 Å². The summed E-state index contributed by atoms with van der Waals surface area (Å²) in [5.74, 6) is 0. The van der Waals surface area contributed by atoms with Crippen molar-refractivity contribution >= 4 is 27.1 Å². The summed E-state index contributed by atoms with van der Waals surface area (Å²) >= 11 is 0. The minimum absolute atomic E-state index is 0.270. The first kappa shape index (κ1) is 16.0. The molecule has 1 N–H and O–H groups in total. The molecule has 1 aromatic heterocycles. The van der Waals surface area contributed by atoms with Gasteiger partial charge >= 0.3 is 0 Å². The third-order valence-electron chi connectivity index (χ3n) is 3.60. The molecule has 0 unspecified atom stereocenters. The van der Waals surface area contributed by atoms with Gasteiger partial charge in [-0.25, -0.2) is 8.42 Å². The second kappa shape index (κ2) is 6.72. The molecule has 0 aliphatic carbocycles. The normalized spacial score (nSPS) is 11.0. The van der Waals surface area contributed by atoms with Crippen LogP contribution in [-0.2, 0) is 10.0 Å². The van der Waals surface area contributed by atoms with Crippen LogP contribution in [-0.4, -0.2) is 20.4 Å². The van der Waals surface area contributed by atoms with E-state index in [0.717, 1.165) is 11.4 Å². The summed E-state index contributed by atoms with van der Waals surface area (Å²) in [6, 6.07) is 19.3. The Morgan fingerprint density at radius 3 is 2.04 bits per heavy atom. The van der Waals surface area contributed by atoms with Crippen molar-refractivity contribution in [2.45, 2.75) is 4.90 Å². The van der Waals surface area contributed by atoms with E-state index < -0.39 is 10.0 Å². The highest BCUT2D eigenvalue weighted by Gasteiger charge is 2.20. The van der Waals surface area contributed by atoms with Gasteiger partial charge in [0.2, 0.25) is 0 Å². The largest absolute Gasteiger partial charge is 0.355 e. The Morgan fingerprint density at radius 1 is 0.833 bits per heavy atom. The van der Waals surface area contributed by atoms with Crippen LogP contribution in [0.25, 0.3) is 0 Å². The van der Waals surface area contributed by atoms with E-state index in [-0.39, 0.29) is 4.90 Å². The molecule has 0 aliphatic rings. The molecule has 3 aromatic rings. The summed E-state index contributed by atoms with van der Waals surface area (Å²) in [6.45, 7) is 0. The Hall–Kier alpha value is -2.86. The summed E-state index contributed by atoms with van der Waals surface area (Å²) in [7, 11) is -2.01. The summed E-state index contributed by atoms with van der Waals surface area (Å²) in [6.07, 6.45) is 3.41. The Morgan fingerprint density at radius 2 is 1.42 bits per heavy atom. The van der Waals surface area contributed by atoms with Crippen LogP contribution in [0, 0.1) is 0 Å². The zero-order valence-electron chi connectivity index (χ0n) is 13.1. The Bertz CT molecular complexity index is 896. The number of anilines is 3. The van der Waals surface area contributed by atoms with E-state index in [1.54, 1.807) is 61.9 Å². The van der Waals surface area contributed by atoms with Gasteiger partial charge in [0.25, 0.3) is 10.0 Å². The highest BCUT2D eigenvalue weighted by Crippen LogP contribution is 2.24. The molecular formula is C18H17N3O2S. The van der Waals surface area contributed by atoms with Crippen LogP contribution in [0.5, 0.6) is 0 Å². The SMILES string of the molecule is CN(c1ccc(Nc2ccncc2)cc1)S(=O)(=O)c1ccccc1. The zero-order chi connectivity index (χ0) is 17.0. The van der Waals surface area contributed by atoms with E-state index in [1.165, 1.54) is 4.31 Å². The van der Waals surface area contributed by atoms with E-state index in [9.17, 15) is 8.42 Å². The number of rotatable bonds is 5. The molecule has 5 nitrogen and oxygen atoms in total. The molecular weight excluding hydrogens is 322 g/mol. The Labute approximate surface area is 141 Å². The lowest BCUT2D eigenvalue weighted by atomic mass is 10.2. The maximum atomic E-state index is 12.6. The van der Waals surface area contributed by atoms with Crippen molar-refractivity contribution in [3.8, 4) is 0 Å². The second-order valence-corrected chi connectivity index (χ2v) is 7.16. The molecule has 0 amide bonds. The van der Waals surface area contributed by atoms with Crippen LogP contribution in [0.1, 0.15) is 0 Å². The number of hydrogen-bond donors (Lipinski definition) is 1. The average molecular weight is 339 g/mol. The van der Waals surface area contributed by atoms with Gasteiger partial charge in [0.15, 0.2) is 0 Å². The fourth-order valence-corrected chi connectivity index (χ4v) is 3.46. The maximum absolute atomic E-state index is 12.6. The lowest BCUT2D eigenvalue weighted by molar-refractivity contribution is 0.594. The van der Waals surface area contributed by atoms with Gasteiger partial charge in [-0.2, -0.15) is 0 Å². The fourth-order valence-electron chi connectivity index (χ4n) is 2.25. The van der Waals surface area contributed by atoms with E-state index in [0.29, 0.717) is 5.69 Å². The first-order valence-electron chi connectivity index (χ1n) is 7.38. The van der Waals surface area contributed by atoms with Crippen molar-refractivity contribution in [2.75, 3.05) is 16.7 Å². The molecule has 2 aromatic carbocycles. The summed E-state index contributed by atoms with van der Waals surface area (Å²) < 4.78 is 26.5. The first-order valence-corrected chi connectivity index (χ1v) is 8.82. The summed E-state index contributed by atoms with van der Waals surface area (Å²) in [5.41, 5.74) is 2.39. The van der Waals surface area contributed by atoms with Crippen molar-refractivity contribution in [1.82, 2.24) is 4.98 Å². The van der Waals surface area contributed by atoms with Crippen LogP contribution in [0.2, 0.25) is 0 Å². The van der Waals surface area contributed by atoms with Crippen molar-refractivity contribution in [3.63, 3.8) is 0 Å². The number of hydrogen-bond acceptors (Lipinski definition) is 4. The molecule has 0 spiro atoms. The van der Waals surface area contributed by atoms with Crippen molar-refractivity contribution in [2.24, 2.45) is 0 Å². The molecule has 0 atom stereocenters. The van der Waals surface area contributed by atoms with Crippen molar-refractivity contribution in [3.05, 3.63) is 79.1 Å². The van der Waals surface area contributed by atoms with Crippen LogP contribution in [0.3, 0.4) is 0 Å². The standard InChI is InChI=1S/C18H17N3O2S/c1-21(24(22,23)18-5-3-2-4-6-18)17-9-7-15(8-10-17)20-16-11-13-19-14-12-16/h2-14H,1H3,(H,19,20). The molecule has 1 heterocycles. The molecule has 6 heteroatoms. The highest BCUT2D eigenvalue weighted by molar-refractivity contribution is 7.92. The number of nitrogens with zero attached hydrogens (tertiary/aromatic N) is 2. The summed E-state index contributed by atoms with van der Waals surface area (Å²) in [5, 5.41) is 3.23. The van der Waals surface area contributed by atoms with Crippen LogP contribution in [0.15, 0.2) is 84.0 Å². The molecule has 0 radical (unpaired) electrons. The summed E-state index contributed by atoms with van der Waals surface area (Å²) in [4.78, 5) is 4.24. The fraction of sp³-hybridized carbons (Fsp3) is 0.0556. The number of sulfonamides is 1. The van der Waals surface area contributed by atoms with Gasteiger partial charge in [0.1, 0.15) is 0 Å². The first-order chi connectivity index (χ1) is 11.6. The number of benzene rings is 2. The molecule has 0 saturated heterocycles. The third-order valence-corrected chi connectivity index (χ3v) is 5.40. The van der Waals surface area contributed by atoms with Gasteiger partial charge < -0.3 is 5.32 Å². The quantitative estimate of drug-likeness (QED) is 0.771. The predicted molar refractivity (Wildman–Crippen MR) is 96.0 cm³/mol. The van der Waals surface area contributed by atoms with E-state index in [4.69, 9.17) is 0 Å². The predicted octanol–water partition coefficient (Wildman–Crippen LogP) is 3.65. The Kier molecular flexibility index (Phi) is 4.48. The molecule has 24 heavy (non-hydrogen) atoms. The molecule has 0 bridgehead atoms. The Balaban J connectivity index is 1.80. The lowest BCUT2D eigenvalue weighted by Gasteiger charge is -2.20. The molecule has 0 saturated carbocycles. The number of pyridine rings is 1. The van der Waals surface area contributed by atoms with Gasteiger partial charge in [0, 0.05) is 30.8 Å². The maximum Gasteiger partial charge on any atom is 0.264 e. The van der Waals surface area contributed by atoms with Crippen molar-refractivity contribution in [1.29, 1.82) is 0 Å². The average Bonchev–Trinajstić information content (AvgIpc) is 2.63. The van der Waals surface area contributed by atoms with Crippen LogP contribution >= 0.6 is 0 Å². The van der Waals surface area contributed by atoms with Crippen molar-refractivity contribution < 1.29 is 8.42 Å². The van der Waals surface area contributed by atoms with E-state index in [2.05, 4.69) is 10.3 Å². The van der Waals surface area contributed by atoms with Gasteiger partial charge in [-0.1, -0.05) is 18.2 Å². The molecule has 0 fully saturated rings. The van der Waals surface area contributed by atoms with Crippen LogP contribution in [0.4, 0.5) is 17.1 Å². The number of nitrogens with one attached hydrogen (secondary N) is 1. The van der Waals surface area contributed by atoms with Gasteiger partial charge in [-0.3, -0.25) is 9.29 Å². The minimum Gasteiger partial charge on any atom is -0.355 e. The lowest BCUT2D eigenvalue weighted by Crippen LogP contribution is -2.26. The van der Waals surface area contributed by atoms with Gasteiger partial charge in [-0.15, -0.1) is 0 Å². The smallest absolute Gasteiger partial charge is 0.264 e. The van der Waals surface area contributed by atoms with Gasteiger partial charge in [0.05, 0.1) is 10.6 Å². The molecule has 3 rings (SSSR count). The topological polar surface area (TPSA) is 62.3 Å². The monoisotopic (exact) mass is 339 g/mol. The van der Waals surface area contributed by atoms with E-state index >= 15 is 0 Å². The number of aromatic nitrogens is 1. The van der Waals surface area contributed by atoms with E-state index in [1.807, 2.05) is 24.3 Å². The minimum atomic E-state index is -3.56. The second-order valence-electron chi connectivity index (χ2n) is 5.19. The molecule has 122 valence electrons. The third kappa shape index (κ3) is 3.38. The van der Waals surface area contributed by atoms with Crippen LogP contribution < -0.4 is 9.62 Å².